The Balaban J connectivity index is 1.48. The van der Waals surface area contributed by atoms with Gasteiger partial charge in [-0.05, 0) is 75.5 Å². The summed E-state index contributed by atoms with van der Waals surface area (Å²) in [5.74, 6) is 0.905. The number of rotatable bonds is 7. The first kappa shape index (κ1) is 22.3. The third kappa shape index (κ3) is 4.63. The van der Waals surface area contributed by atoms with E-state index >= 15 is 0 Å². The molecule has 0 aliphatic heterocycles. The van der Waals surface area contributed by atoms with E-state index in [1.54, 1.807) is 24.3 Å². The zero-order valence-electron chi connectivity index (χ0n) is 18.9. The number of hydrogen-bond acceptors (Lipinski definition) is 5. The number of nitrogens with zero attached hydrogens (tertiary/aromatic N) is 1. The van der Waals surface area contributed by atoms with E-state index in [4.69, 9.17) is 10.1 Å². The predicted molar refractivity (Wildman–Crippen MR) is 121 cm³/mol. The molecule has 0 aromatic carbocycles. The van der Waals surface area contributed by atoms with Crippen LogP contribution < -0.4 is 10.0 Å². The molecule has 3 N–H and O–H groups in total. The van der Waals surface area contributed by atoms with Gasteiger partial charge in [-0.15, -0.1) is 0 Å². The van der Waals surface area contributed by atoms with Crippen molar-refractivity contribution >= 4 is 11.6 Å². The summed E-state index contributed by atoms with van der Waals surface area (Å²) in [4.78, 5) is 12.9. The van der Waals surface area contributed by atoms with Crippen LogP contribution in [-0.4, -0.2) is 29.4 Å². The van der Waals surface area contributed by atoms with Gasteiger partial charge in [-0.3, -0.25) is 4.79 Å². The van der Waals surface area contributed by atoms with Gasteiger partial charge in [0.25, 0.3) is 5.69 Å². The van der Waals surface area contributed by atoms with Crippen LogP contribution in [0.4, 0.5) is 0 Å². The van der Waals surface area contributed by atoms with Gasteiger partial charge in [0.05, 0.1) is 24.1 Å². The molecule has 7 heteroatoms. The largest absolute Gasteiger partial charge is 0.618 e. The van der Waals surface area contributed by atoms with Crippen molar-refractivity contribution in [2.24, 2.45) is 11.8 Å². The van der Waals surface area contributed by atoms with E-state index < -0.39 is 11.5 Å². The number of nitrogens with one attached hydrogen (secondary N) is 2. The number of amides is 1. The minimum atomic E-state index is -0.649. The lowest BCUT2D eigenvalue weighted by molar-refractivity contribution is -0.616. The molecule has 1 amide bonds. The standard InChI is InChI=1S/C25H31N3O4/c1-25(2,30)18-11-15(12-18)7-8-17-13-20(23(32-3)14-19(17)26)27-24(29)22-6-4-5-21(28(22)31)16-9-10-16/h4-6,8,13-16,18,26,30H,7,9-12H2,1-3H3,(H,27,29)/b17-8-,26-19?. The van der Waals surface area contributed by atoms with Crippen LogP contribution in [0.3, 0.4) is 0 Å². The Labute approximate surface area is 188 Å². The van der Waals surface area contributed by atoms with Gasteiger partial charge in [0.2, 0.25) is 0 Å². The van der Waals surface area contributed by atoms with E-state index in [9.17, 15) is 15.1 Å². The van der Waals surface area contributed by atoms with Crippen molar-refractivity contribution in [2.45, 2.75) is 57.5 Å². The van der Waals surface area contributed by atoms with Gasteiger partial charge < -0.3 is 25.8 Å². The first-order valence-corrected chi connectivity index (χ1v) is 11.2. The highest BCUT2D eigenvalue weighted by molar-refractivity contribution is 6.10. The second-order valence-electron chi connectivity index (χ2n) is 9.63. The summed E-state index contributed by atoms with van der Waals surface area (Å²) in [6.07, 6.45) is 10.00. The molecule has 4 rings (SSSR count). The highest BCUT2D eigenvalue weighted by atomic mass is 16.5. The average molecular weight is 438 g/mol. The second-order valence-corrected chi connectivity index (χ2v) is 9.63. The highest BCUT2D eigenvalue weighted by Crippen LogP contribution is 2.43. The molecule has 3 aliphatic rings. The summed E-state index contributed by atoms with van der Waals surface area (Å²) < 4.78 is 6.09. The van der Waals surface area contributed by atoms with Gasteiger partial charge in [0.1, 0.15) is 5.76 Å². The maximum Gasteiger partial charge on any atom is 0.321 e. The molecule has 3 aliphatic carbocycles. The number of aromatic nitrogens is 1. The maximum atomic E-state index is 12.9. The molecule has 0 bridgehead atoms. The maximum absolute atomic E-state index is 12.9. The molecule has 170 valence electrons. The number of carbonyl (C=O) groups excluding carboxylic acids is 1. The Kier molecular flexibility index (Phi) is 5.95. The number of aliphatic hydroxyl groups is 1. The van der Waals surface area contributed by atoms with Gasteiger partial charge in [0.15, 0.2) is 5.69 Å². The van der Waals surface area contributed by atoms with Crippen LogP contribution >= 0.6 is 0 Å². The molecular weight excluding hydrogens is 406 g/mol. The first-order valence-electron chi connectivity index (χ1n) is 11.2. The fourth-order valence-corrected chi connectivity index (χ4v) is 4.38. The van der Waals surface area contributed by atoms with Crippen molar-refractivity contribution in [1.82, 2.24) is 5.32 Å². The molecule has 2 saturated carbocycles. The molecule has 0 radical (unpaired) electrons. The van der Waals surface area contributed by atoms with Crippen molar-refractivity contribution < 1.29 is 19.4 Å². The van der Waals surface area contributed by atoms with E-state index in [2.05, 4.69) is 5.32 Å². The van der Waals surface area contributed by atoms with Crippen molar-refractivity contribution in [3.63, 3.8) is 0 Å². The summed E-state index contributed by atoms with van der Waals surface area (Å²) in [7, 11) is 1.49. The zero-order chi connectivity index (χ0) is 23.0. The van der Waals surface area contributed by atoms with Crippen LogP contribution in [0.15, 0.2) is 53.5 Å². The lowest BCUT2D eigenvalue weighted by Gasteiger charge is -2.42. The van der Waals surface area contributed by atoms with Crippen molar-refractivity contribution in [3.8, 4) is 0 Å². The summed E-state index contributed by atoms with van der Waals surface area (Å²) in [6.45, 7) is 3.70. The smallest absolute Gasteiger partial charge is 0.321 e. The van der Waals surface area contributed by atoms with E-state index in [1.165, 1.54) is 13.2 Å². The van der Waals surface area contributed by atoms with Gasteiger partial charge in [-0.25, -0.2) is 0 Å². The SMILES string of the molecule is COC1=CC(=N)/C(=C\CC2CC(C(C)(C)O)C2)C=C1NC(=O)c1cccc(C2CC2)[n+]1[O-]. The van der Waals surface area contributed by atoms with Crippen molar-refractivity contribution in [1.29, 1.82) is 5.41 Å². The monoisotopic (exact) mass is 437 g/mol. The summed E-state index contributed by atoms with van der Waals surface area (Å²) in [5.41, 5.74) is 1.47. The molecule has 1 aromatic heterocycles. The van der Waals surface area contributed by atoms with Crippen LogP contribution in [-0.2, 0) is 4.74 Å². The summed E-state index contributed by atoms with van der Waals surface area (Å²) in [5, 5.41) is 33.9. The number of hydrogen-bond donors (Lipinski definition) is 3. The summed E-state index contributed by atoms with van der Waals surface area (Å²) >= 11 is 0. The van der Waals surface area contributed by atoms with Gasteiger partial charge in [-0.1, -0.05) is 6.08 Å². The second kappa shape index (κ2) is 8.54. The third-order valence-electron chi connectivity index (χ3n) is 6.73. The fourth-order valence-electron chi connectivity index (χ4n) is 4.38. The van der Waals surface area contributed by atoms with E-state index in [0.29, 0.717) is 40.3 Å². The molecule has 0 saturated heterocycles. The normalized spacial score (nSPS) is 24.5. The Morgan fingerprint density at radius 2 is 2.06 bits per heavy atom. The summed E-state index contributed by atoms with van der Waals surface area (Å²) in [6, 6.07) is 5.02. The Hall–Kier alpha value is -2.93. The predicted octanol–water partition coefficient (Wildman–Crippen LogP) is 3.49. The first-order chi connectivity index (χ1) is 15.2. The molecular formula is C25H31N3O4. The third-order valence-corrected chi connectivity index (χ3v) is 6.73. The van der Waals surface area contributed by atoms with Crippen LogP contribution in [0.25, 0.3) is 0 Å². The average Bonchev–Trinajstić information content (AvgIpc) is 3.52. The van der Waals surface area contributed by atoms with Crippen LogP contribution in [0.5, 0.6) is 0 Å². The zero-order valence-corrected chi connectivity index (χ0v) is 18.9. The minimum Gasteiger partial charge on any atom is -0.618 e. The lowest BCUT2D eigenvalue weighted by atomic mass is 9.66. The molecule has 1 aromatic rings. The number of carbonyl (C=O) groups is 1. The highest BCUT2D eigenvalue weighted by Gasteiger charge is 2.38. The Morgan fingerprint density at radius 3 is 2.69 bits per heavy atom. The quantitative estimate of drug-likeness (QED) is 0.448. The molecule has 2 fully saturated rings. The van der Waals surface area contributed by atoms with E-state index in [-0.39, 0.29) is 11.6 Å². The van der Waals surface area contributed by atoms with Crippen molar-refractivity contribution in [3.05, 3.63) is 70.1 Å². The molecule has 0 unspecified atom stereocenters. The number of ether oxygens (including phenoxy) is 1. The minimum absolute atomic E-state index is 0.0454. The van der Waals surface area contributed by atoms with Gasteiger partial charge >= 0.3 is 5.91 Å². The lowest BCUT2D eigenvalue weighted by Crippen LogP contribution is -2.42. The van der Waals surface area contributed by atoms with Crippen LogP contribution in [0.2, 0.25) is 0 Å². The van der Waals surface area contributed by atoms with E-state index in [1.807, 2.05) is 19.9 Å². The van der Waals surface area contributed by atoms with Gasteiger partial charge in [-0.2, -0.15) is 4.73 Å². The Bertz CT molecular complexity index is 1020. The fraction of sp³-hybridized carbons (Fsp3) is 0.480. The molecule has 32 heavy (non-hydrogen) atoms. The molecule has 7 nitrogen and oxygen atoms in total. The Morgan fingerprint density at radius 1 is 1.34 bits per heavy atom. The number of methoxy groups -OCH3 is 1. The van der Waals surface area contributed by atoms with Crippen LogP contribution in [0.1, 0.15) is 68.1 Å². The molecule has 0 atom stereocenters. The topological polar surface area (TPSA) is 109 Å². The number of allylic oxidation sites excluding steroid dienone is 4. The van der Waals surface area contributed by atoms with Crippen LogP contribution in [0, 0.1) is 22.5 Å². The molecule has 1 heterocycles. The van der Waals surface area contributed by atoms with Gasteiger partial charge in [0, 0.05) is 24.1 Å². The molecule has 0 spiro atoms. The van der Waals surface area contributed by atoms with E-state index in [0.717, 1.165) is 36.8 Å². The number of pyridine rings is 1. The van der Waals surface area contributed by atoms with Crippen molar-refractivity contribution in [2.75, 3.05) is 7.11 Å².